The van der Waals surface area contributed by atoms with E-state index in [2.05, 4.69) is 43.2 Å². The fourth-order valence-corrected chi connectivity index (χ4v) is 2.33. The van der Waals surface area contributed by atoms with Crippen LogP contribution in [0.3, 0.4) is 0 Å². The fraction of sp³-hybridized carbons (Fsp3) is 0.579. The number of ether oxygens (including phenoxy) is 1. The summed E-state index contributed by atoms with van der Waals surface area (Å²) in [5.41, 5.74) is 1.94. The Kier molecular flexibility index (Phi) is 9.80. The second-order valence-corrected chi connectivity index (χ2v) is 6.19. The number of benzene rings is 1. The Morgan fingerprint density at radius 2 is 1.64 bits per heavy atom. The third kappa shape index (κ3) is 8.65. The van der Waals surface area contributed by atoms with E-state index in [0.717, 1.165) is 25.3 Å². The Labute approximate surface area is 150 Å². The third-order valence-electron chi connectivity index (χ3n) is 3.97. The summed E-state index contributed by atoms with van der Waals surface area (Å²) in [5.74, 6) is -0.0252. The monoisotopic (exact) mass is 349 g/mol. The lowest BCUT2D eigenvalue weighted by atomic mass is 10.0. The molecule has 0 aromatic heterocycles. The number of anilines is 1. The summed E-state index contributed by atoms with van der Waals surface area (Å²) in [6.07, 6.45) is 0. The maximum atomic E-state index is 11.8. The summed E-state index contributed by atoms with van der Waals surface area (Å²) in [6, 6.07) is 7.72. The van der Waals surface area contributed by atoms with Crippen LogP contribution in [0, 0.1) is 0 Å². The Hall–Kier alpha value is -1.92. The van der Waals surface area contributed by atoms with Crippen molar-refractivity contribution in [3.05, 3.63) is 29.8 Å². The summed E-state index contributed by atoms with van der Waals surface area (Å²) in [6.45, 7) is 11.5. The van der Waals surface area contributed by atoms with Crippen molar-refractivity contribution in [2.75, 3.05) is 44.7 Å². The second-order valence-electron chi connectivity index (χ2n) is 6.19. The predicted molar refractivity (Wildman–Crippen MR) is 101 cm³/mol. The first kappa shape index (κ1) is 21.1. The highest BCUT2D eigenvalue weighted by molar-refractivity contribution is 5.91. The number of amides is 2. The molecule has 0 aliphatic carbocycles. The molecule has 0 radical (unpaired) electrons. The van der Waals surface area contributed by atoms with Crippen LogP contribution in [0.4, 0.5) is 5.69 Å². The topological polar surface area (TPSA) is 70.7 Å². The van der Waals surface area contributed by atoms with Crippen molar-refractivity contribution in [3.8, 4) is 0 Å². The quantitative estimate of drug-likeness (QED) is 0.643. The normalized spacial score (nSPS) is 11.0. The Balaban J connectivity index is 2.20. The van der Waals surface area contributed by atoms with Crippen molar-refractivity contribution in [1.29, 1.82) is 0 Å². The first-order valence-electron chi connectivity index (χ1n) is 8.92. The molecule has 0 saturated carbocycles. The standard InChI is InChI=1S/C19H31N3O3/c1-5-22(6-2)12-11-20-18(23)13-25-14-19(24)21-17-9-7-16(8-10-17)15(3)4/h7-10,15H,5-6,11-14H2,1-4H3,(H,20,23)(H,21,24). The average Bonchev–Trinajstić information content (AvgIpc) is 2.59. The number of nitrogens with one attached hydrogen (secondary N) is 2. The lowest BCUT2D eigenvalue weighted by molar-refractivity contribution is -0.128. The molecule has 0 atom stereocenters. The van der Waals surface area contributed by atoms with Crippen LogP contribution in [0.15, 0.2) is 24.3 Å². The molecular formula is C19H31N3O3. The number of carbonyl (C=O) groups excluding carboxylic acids is 2. The van der Waals surface area contributed by atoms with Crippen LogP contribution < -0.4 is 10.6 Å². The average molecular weight is 349 g/mol. The van der Waals surface area contributed by atoms with Crippen LogP contribution in [0.2, 0.25) is 0 Å². The second kappa shape index (κ2) is 11.6. The van der Waals surface area contributed by atoms with Gasteiger partial charge < -0.3 is 20.3 Å². The molecule has 0 spiro atoms. The lowest BCUT2D eigenvalue weighted by Gasteiger charge is -2.17. The minimum Gasteiger partial charge on any atom is -0.362 e. The van der Waals surface area contributed by atoms with Gasteiger partial charge in [0.25, 0.3) is 0 Å². The molecule has 0 heterocycles. The minimum atomic E-state index is -0.270. The highest BCUT2D eigenvalue weighted by atomic mass is 16.5. The maximum absolute atomic E-state index is 11.8. The first-order valence-corrected chi connectivity index (χ1v) is 8.92. The molecule has 0 aliphatic heterocycles. The number of rotatable bonds is 11. The van der Waals surface area contributed by atoms with Crippen LogP contribution >= 0.6 is 0 Å². The van der Waals surface area contributed by atoms with Gasteiger partial charge in [-0.3, -0.25) is 9.59 Å². The summed E-state index contributed by atoms with van der Waals surface area (Å²) >= 11 is 0. The van der Waals surface area contributed by atoms with Gasteiger partial charge in [0, 0.05) is 18.8 Å². The molecule has 25 heavy (non-hydrogen) atoms. The van der Waals surface area contributed by atoms with Gasteiger partial charge >= 0.3 is 0 Å². The van der Waals surface area contributed by atoms with Crippen LogP contribution in [0.25, 0.3) is 0 Å². The van der Waals surface area contributed by atoms with E-state index in [1.54, 1.807) is 0 Å². The molecule has 6 nitrogen and oxygen atoms in total. The Morgan fingerprint density at radius 1 is 1.04 bits per heavy atom. The molecule has 2 amide bonds. The minimum absolute atomic E-state index is 0.113. The highest BCUT2D eigenvalue weighted by Gasteiger charge is 2.07. The molecule has 140 valence electrons. The molecule has 0 unspecified atom stereocenters. The van der Waals surface area contributed by atoms with Gasteiger partial charge in [-0.1, -0.05) is 39.8 Å². The molecule has 0 bridgehead atoms. The SMILES string of the molecule is CCN(CC)CCNC(=O)COCC(=O)Nc1ccc(C(C)C)cc1. The van der Waals surface area contributed by atoms with E-state index in [1.807, 2.05) is 24.3 Å². The van der Waals surface area contributed by atoms with E-state index >= 15 is 0 Å². The van der Waals surface area contributed by atoms with Gasteiger partial charge in [0.15, 0.2) is 0 Å². The van der Waals surface area contributed by atoms with E-state index < -0.39 is 0 Å². The zero-order valence-electron chi connectivity index (χ0n) is 15.8. The van der Waals surface area contributed by atoms with E-state index in [-0.39, 0.29) is 25.0 Å². The van der Waals surface area contributed by atoms with E-state index in [4.69, 9.17) is 4.74 Å². The number of carbonyl (C=O) groups is 2. The zero-order valence-corrected chi connectivity index (χ0v) is 15.8. The fourth-order valence-electron chi connectivity index (χ4n) is 2.33. The van der Waals surface area contributed by atoms with Crippen molar-refractivity contribution < 1.29 is 14.3 Å². The highest BCUT2D eigenvalue weighted by Crippen LogP contribution is 2.16. The van der Waals surface area contributed by atoms with E-state index in [9.17, 15) is 9.59 Å². The maximum Gasteiger partial charge on any atom is 0.250 e. The first-order chi connectivity index (χ1) is 12.0. The van der Waals surface area contributed by atoms with Crippen molar-refractivity contribution in [3.63, 3.8) is 0 Å². The van der Waals surface area contributed by atoms with Gasteiger partial charge in [-0.2, -0.15) is 0 Å². The van der Waals surface area contributed by atoms with E-state index in [1.165, 1.54) is 5.56 Å². The molecule has 6 heteroatoms. The zero-order chi connectivity index (χ0) is 18.7. The van der Waals surface area contributed by atoms with Crippen LogP contribution in [0.1, 0.15) is 39.2 Å². The van der Waals surface area contributed by atoms with Gasteiger partial charge in [0.05, 0.1) is 0 Å². The summed E-state index contributed by atoms with van der Waals surface area (Å²) in [4.78, 5) is 25.7. The van der Waals surface area contributed by atoms with Gasteiger partial charge in [0.1, 0.15) is 13.2 Å². The predicted octanol–water partition coefficient (Wildman–Crippen LogP) is 2.22. The smallest absolute Gasteiger partial charge is 0.250 e. The molecule has 0 aliphatic rings. The molecule has 1 aromatic carbocycles. The molecule has 1 rings (SSSR count). The summed E-state index contributed by atoms with van der Waals surface area (Å²) < 4.78 is 5.16. The Bertz CT molecular complexity index is 525. The third-order valence-corrected chi connectivity index (χ3v) is 3.97. The number of hydrogen-bond acceptors (Lipinski definition) is 4. The van der Waals surface area contributed by atoms with Gasteiger partial charge in [-0.15, -0.1) is 0 Å². The van der Waals surface area contributed by atoms with Gasteiger partial charge in [0.2, 0.25) is 11.8 Å². The van der Waals surface area contributed by atoms with Crippen molar-refractivity contribution in [1.82, 2.24) is 10.2 Å². The number of nitrogens with zero attached hydrogens (tertiary/aromatic N) is 1. The Morgan fingerprint density at radius 3 is 2.20 bits per heavy atom. The lowest BCUT2D eigenvalue weighted by Crippen LogP contribution is -2.36. The summed E-state index contributed by atoms with van der Waals surface area (Å²) in [7, 11) is 0. The van der Waals surface area contributed by atoms with E-state index in [0.29, 0.717) is 12.5 Å². The van der Waals surface area contributed by atoms with Crippen molar-refractivity contribution >= 4 is 17.5 Å². The molecule has 1 aromatic rings. The van der Waals surface area contributed by atoms with Gasteiger partial charge in [-0.05, 0) is 36.7 Å². The number of likely N-dealkylation sites (N-methyl/N-ethyl adjacent to an activating group) is 1. The van der Waals surface area contributed by atoms with Crippen LogP contribution in [-0.4, -0.2) is 56.1 Å². The van der Waals surface area contributed by atoms with Crippen molar-refractivity contribution in [2.45, 2.75) is 33.6 Å². The molecule has 0 saturated heterocycles. The van der Waals surface area contributed by atoms with Crippen molar-refractivity contribution in [2.24, 2.45) is 0 Å². The van der Waals surface area contributed by atoms with Crippen LogP contribution in [-0.2, 0) is 14.3 Å². The number of hydrogen-bond donors (Lipinski definition) is 2. The van der Waals surface area contributed by atoms with Gasteiger partial charge in [-0.25, -0.2) is 0 Å². The van der Waals surface area contributed by atoms with Crippen LogP contribution in [0.5, 0.6) is 0 Å². The summed E-state index contributed by atoms with van der Waals surface area (Å²) in [5, 5.41) is 5.54. The molecular weight excluding hydrogens is 318 g/mol. The molecule has 2 N–H and O–H groups in total. The largest absolute Gasteiger partial charge is 0.362 e. The molecule has 0 fully saturated rings.